The van der Waals surface area contributed by atoms with E-state index in [4.69, 9.17) is 14.7 Å². The van der Waals surface area contributed by atoms with Crippen LogP contribution in [0.4, 0.5) is 4.39 Å². The van der Waals surface area contributed by atoms with Crippen molar-refractivity contribution >= 4 is 5.91 Å². The van der Waals surface area contributed by atoms with Crippen LogP contribution < -0.4 is 9.47 Å². The van der Waals surface area contributed by atoms with Crippen molar-refractivity contribution < 1.29 is 18.7 Å². The molecule has 2 aromatic carbocycles. The van der Waals surface area contributed by atoms with E-state index in [-0.39, 0.29) is 23.0 Å². The molecule has 1 amide bonds. The zero-order chi connectivity index (χ0) is 18.7. The molecule has 6 heteroatoms. The lowest BCUT2D eigenvalue weighted by Gasteiger charge is -2.18. The summed E-state index contributed by atoms with van der Waals surface area (Å²) < 4.78 is 24.4. The summed E-state index contributed by atoms with van der Waals surface area (Å²) in [6.45, 7) is 1.06. The van der Waals surface area contributed by atoms with Gasteiger partial charge in [-0.15, -0.1) is 0 Å². The molecule has 1 fully saturated rings. The molecule has 26 heavy (non-hydrogen) atoms. The smallest absolute Gasteiger partial charge is 0.254 e. The Morgan fingerprint density at radius 1 is 1.23 bits per heavy atom. The highest BCUT2D eigenvalue weighted by Crippen LogP contribution is 2.36. The van der Waals surface area contributed by atoms with Gasteiger partial charge in [-0.25, -0.2) is 4.39 Å². The fraction of sp³-hybridized carbons (Fsp3) is 0.300. The largest absolute Gasteiger partial charge is 0.497 e. The molecule has 0 radical (unpaired) electrons. The van der Waals surface area contributed by atoms with Gasteiger partial charge in [0.1, 0.15) is 17.3 Å². The zero-order valence-corrected chi connectivity index (χ0v) is 14.7. The third-order valence-corrected chi connectivity index (χ3v) is 4.63. The molecule has 0 aliphatic carbocycles. The normalized spacial score (nSPS) is 16.2. The van der Waals surface area contributed by atoms with Crippen molar-refractivity contribution in [1.82, 2.24) is 4.90 Å². The summed E-state index contributed by atoms with van der Waals surface area (Å²) in [6.07, 6.45) is 0.774. The number of halogens is 1. The van der Waals surface area contributed by atoms with Crippen LogP contribution in [0.3, 0.4) is 0 Å². The summed E-state index contributed by atoms with van der Waals surface area (Å²) in [4.78, 5) is 14.4. The lowest BCUT2D eigenvalue weighted by atomic mass is 9.97. The van der Waals surface area contributed by atoms with E-state index in [9.17, 15) is 9.18 Å². The Kier molecular flexibility index (Phi) is 5.08. The highest BCUT2D eigenvalue weighted by molar-refractivity contribution is 5.94. The molecule has 1 atom stereocenters. The maximum Gasteiger partial charge on any atom is 0.254 e. The Hall–Kier alpha value is -3.07. The van der Waals surface area contributed by atoms with Gasteiger partial charge in [0.05, 0.1) is 25.9 Å². The van der Waals surface area contributed by atoms with Crippen LogP contribution in [0, 0.1) is 17.1 Å². The number of likely N-dealkylation sites (tertiary alicyclic amines) is 1. The monoisotopic (exact) mass is 354 g/mol. The van der Waals surface area contributed by atoms with Crippen molar-refractivity contribution in [2.24, 2.45) is 0 Å². The van der Waals surface area contributed by atoms with E-state index in [1.165, 1.54) is 12.1 Å². The molecule has 0 bridgehead atoms. The Bertz CT molecular complexity index is 876. The van der Waals surface area contributed by atoms with Gasteiger partial charge in [0.25, 0.3) is 5.91 Å². The molecule has 5 nitrogen and oxygen atoms in total. The molecule has 0 spiro atoms. The van der Waals surface area contributed by atoms with Crippen molar-refractivity contribution in [3.8, 4) is 17.6 Å². The van der Waals surface area contributed by atoms with Crippen molar-refractivity contribution in [1.29, 1.82) is 5.26 Å². The third-order valence-electron chi connectivity index (χ3n) is 4.63. The van der Waals surface area contributed by atoms with Crippen LogP contribution in [-0.2, 0) is 0 Å². The van der Waals surface area contributed by atoms with E-state index in [1.54, 1.807) is 19.1 Å². The number of nitrogens with zero attached hydrogens (tertiary/aromatic N) is 2. The first-order chi connectivity index (χ1) is 12.5. The summed E-state index contributed by atoms with van der Waals surface area (Å²) in [5.74, 6) is 0.730. The van der Waals surface area contributed by atoms with Gasteiger partial charge in [-0.05, 0) is 42.8 Å². The highest BCUT2D eigenvalue weighted by atomic mass is 19.1. The molecule has 1 aliphatic rings. The molecule has 1 saturated heterocycles. The van der Waals surface area contributed by atoms with Crippen LogP contribution >= 0.6 is 0 Å². The average molecular weight is 354 g/mol. The molecule has 134 valence electrons. The first kappa shape index (κ1) is 17.7. The standard InChI is InChI=1S/C20H19FN2O3/c1-25-17-3-4-19(26-2)18(10-17)14-5-6-23(12-14)20(24)15-7-13(11-22)8-16(21)9-15/h3-4,7-10,14H,5-6,12H2,1-2H3/t14-/m0/s1. The van der Waals surface area contributed by atoms with Crippen molar-refractivity contribution in [3.63, 3.8) is 0 Å². The topological polar surface area (TPSA) is 62.6 Å². The minimum Gasteiger partial charge on any atom is -0.497 e. The molecule has 0 saturated carbocycles. The summed E-state index contributed by atoms with van der Waals surface area (Å²) >= 11 is 0. The van der Waals surface area contributed by atoms with Gasteiger partial charge in [-0.1, -0.05) is 0 Å². The van der Waals surface area contributed by atoms with E-state index in [0.29, 0.717) is 13.1 Å². The van der Waals surface area contributed by atoms with Gasteiger partial charge in [0.2, 0.25) is 0 Å². The van der Waals surface area contributed by atoms with Gasteiger partial charge >= 0.3 is 0 Å². The van der Waals surface area contributed by atoms with Crippen LogP contribution in [0.2, 0.25) is 0 Å². The molecule has 3 rings (SSSR count). The van der Waals surface area contributed by atoms with Gasteiger partial charge in [-0.2, -0.15) is 5.26 Å². The summed E-state index contributed by atoms with van der Waals surface area (Å²) in [6, 6.07) is 11.2. The number of benzene rings is 2. The van der Waals surface area contributed by atoms with E-state index in [1.807, 2.05) is 24.3 Å². The Morgan fingerprint density at radius 2 is 2.04 bits per heavy atom. The quantitative estimate of drug-likeness (QED) is 0.845. The molecule has 0 unspecified atom stereocenters. The second-order valence-electron chi connectivity index (χ2n) is 6.19. The number of ether oxygens (including phenoxy) is 2. The Morgan fingerprint density at radius 3 is 2.73 bits per heavy atom. The first-order valence-electron chi connectivity index (χ1n) is 8.27. The van der Waals surface area contributed by atoms with E-state index < -0.39 is 5.82 Å². The fourth-order valence-electron chi connectivity index (χ4n) is 3.32. The minimum absolute atomic E-state index is 0.105. The average Bonchev–Trinajstić information content (AvgIpc) is 3.16. The SMILES string of the molecule is COc1ccc(OC)c([C@H]2CCN(C(=O)c3cc(F)cc(C#N)c3)C2)c1. The van der Waals surface area contributed by atoms with Crippen LogP contribution in [0.15, 0.2) is 36.4 Å². The number of hydrogen-bond donors (Lipinski definition) is 0. The molecular formula is C20H19FN2O3. The lowest BCUT2D eigenvalue weighted by molar-refractivity contribution is 0.0790. The van der Waals surface area contributed by atoms with Crippen LogP contribution in [-0.4, -0.2) is 38.1 Å². The molecule has 2 aromatic rings. The van der Waals surface area contributed by atoms with Crippen molar-refractivity contribution in [2.45, 2.75) is 12.3 Å². The maximum absolute atomic E-state index is 13.6. The van der Waals surface area contributed by atoms with Gasteiger partial charge < -0.3 is 14.4 Å². The molecule has 1 aliphatic heterocycles. The van der Waals surface area contributed by atoms with Gasteiger partial charge in [0, 0.05) is 30.1 Å². The van der Waals surface area contributed by atoms with Gasteiger partial charge in [-0.3, -0.25) is 4.79 Å². The number of methoxy groups -OCH3 is 2. The second-order valence-corrected chi connectivity index (χ2v) is 6.19. The number of carbonyl (C=O) groups excluding carboxylic acids is 1. The predicted molar refractivity (Wildman–Crippen MR) is 93.9 cm³/mol. The van der Waals surface area contributed by atoms with Crippen LogP contribution in [0.1, 0.15) is 33.8 Å². The highest BCUT2D eigenvalue weighted by Gasteiger charge is 2.30. The van der Waals surface area contributed by atoms with Gasteiger partial charge in [0.15, 0.2) is 0 Å². The Labute approximate surface area is 151 Å². The van der Waals surface area contributed by atoms with Crippen molar-refractivity contribution in [2.75, 3.05) is 27.3 Å². The van der Waals surface area contributed by atoms with E-state index in [2.05, 4.69) is 0 Å². The molecule has 0 aromatic heterocycles. The Balaban J connectivity index is 1.82. The summed E-state index contributed by atoms with van der Waals surface area (Å²) in [5.41, 5.74) is 1.32. The number of amides is 1. The van der Waals surface area contributed by atoms with E-state index in [0.717, 1.165) is 29.5 Å². The lowest BCUT2D eigenvalue weighted by Crippen LogP contribution is -2.28. The third kappa shape index (κ3) is 3.47. The van der Waals surface area contributed by atoms with E-state index >= 15 is 0 Å². The summed E-state index contributed by atoms with van der Waals surface area (Å²) in [7, 11) is 3.21. The number of carbonyl (C=O) groups is 1. The fourth-order valence-corrected chi connectivity index (χ4v) is 3.32. The number of hydrogen-bond acceptors (Lipinski definition) is 4. The predicted octanol–water partition coefficient (Wildman–Crippen LogP) is 3.34. The number of rotatable bonds is 4. The van der Waals surface area contributed by atoms with Crippen LogP contribution in [0.5, 0.6) is 11.5 Å². The summed E-state index contributed by atoms with van der Waals surface area (Å²) in [5, 5.41) is 8.96. The zero-order valence-electron chi connectivity index (χ0n) is 14.7. The second kappa shape index (κ2) is 7.44. The van der Waals surface area contributed by atoms with Crippen LogP contribution in [0.25, 0.3) is 0 Å². The first-order valence-corrected chi connectivity index (χ1v) is 8.27. The molecule has 0 N–H and O–H groups in total. The molecule has 1 heterocycles. The molecular weight excluding hydrogens is 335 g/mol. The number of nitriles is 1. The maximum atomic E-state index is 13.6. The minimum atomic E-state index is -0.586. The van der Waals surface area contributed by atoms with Crippen molar-refractivity contribution in [3.05, 3.63) is 58.9 Å².